The average molecular weight is 340 g/mol. The van der Waals surface area contributed by atoms with Crippen LogP contribution in [0.4, 0.5) is 0 Å². The van der Waals surface area contributed by atoms with E-state index in [9.17, 15) is 4.79 Å². The number of hydrogen-bond acceptors (Lipinski definition) is 2. The van der Waals surface area contributed by atoms with Crippen LogP contribution in [0.15, 0.2) is 30.3 Å². The summed E-state index contributed by atoms with van der Waals surface area (Å²) < 4.78 is 5.65. The number of carbonyl (C=O) groups is 1. The number of amides is 1. The van der Waals surface area contributed by atoms with Crippen LogP contribution in [0.1, 0.15) is 25.3 Å². The maximum Gasteiger partial charge on any atom is 0.222 e. The zero-order valence-corrected chi connectivity index (χ0v) is 13.5. The van der Waals surface area contributed by atoms with Gasteiger partial charge in [0.15, 0.2) is 0 Å². The lowest BCUT2D eigenvalue weighted by molar-refractivity contribution is -0.142. The fourth-order valence-corrected chi connectivity index (χ4v) is 2.88. The van der Waals surface area contributed by atoms with Gasteiger partial charge in [-0.15, -0.1) is 0 Å². The van der Waals surface area contributed by atoms with Gasteiger partial charge in [0.1, 0.15) is 0 Å². The van der Waals surface area contributed by atoms with Crippen molar-refractivity contribution in [2.24, 2.45) is 0 Å². The van der Waals surface area contributed by atoms with E-state index in [-0.39, 0.29) is 18.1 Å². The topological polar surface area (TPSA) is 29.5 Å². The molecule has 0 radical (unpaired) electrons. The summed E-state index contributed by atoms with van der Waals surface area (Å²) in [5.41, 5.74) is 1.30. The lowest BCUT2D eigenvalue weighted by Crippen LogP contribution is -2.51. The monoisotopic (exact) mass is 339 g/mol. The van der Waals surface area contributed by atoms with Gasteiger partial charge in [0, 0.05) is 18.3 Å². The zero-order valence-electron chi connectivity index (χ0n) is 11.9. The van der Waals surface area contributed by atoms with Crippen molar-refractivity contribution in [2.75, 3.05) is 18.5 Å². The molecule has 2 unspecified atom stereocenters. The van der Waals surface area contributed by atoms with E-state index >= 15 is 0 Å². The van der Waals surface area contributed by atoms with Crippen molar-refractivity contribution in [1.82, 2.24) is 4.90 Å². The molecule has 0 aliphatic carbocycles. The van der Waals surface area contributed by atoms with Gasteiger partial charge in [0.05, 0.1) is 18.8 Å². The Morgan fingerprint density at radius 2 is 2.15 bits per heavy atom. The van der Waals surface area contributed by atoms with Crippen molar-refractivity contribution in [2.45, 2.75) is 38.3 Å². The molecule has 1 aliphatic rings. The first-order valence-corrected chi connectivity index (χ1v) is 8.34. The molecule has 0 N–H and O–H groups in total. The number of halogens is 1. The molecular formula is C16H22BrNO2. The van der Waals surface area contributed by atoms with Crippen LogP contribution in [0.2, 0.25) is 0 Å². The number of hydrogen-bond donors (Lipinski definition) is 0. The minimum Gasteiger partial charge on any atom is -0.373 e. The number of carbonyl (C=O) groups excluding carboxylic acids is 1. The van der Waals surface area contributed by atoms with Crippen LogP contribution in [0.25, 0.3) is 0 Å². The van der Waals surface area contributed by atoms with E-state index in [0.29, 0.717) is 19.6 Å². The van der Waals surface area contributed by atoms with Crippen molar-refractivity contribution in [1.29, 1.82) is 0 Å². The fourth-order valence-electron chi connectivity index (χ4n) is 2.49. The molecule has 20 heavy (non-hydrogen) atoms. The maximum atomic E-state index is 12.3. The van der Waals surface area contributed by atoms with Crippen LogP contribution >= 0.6 is 15.9 Å². The molecule has 3 nitrogen and oxygen atoms in total. The first-order valence-electron chi connectivity index (χ1n) is 7.21. The maximum absolute atomic E-state index is 12.3. The Labute approximate surface area is 129 Å². The minimum atomic E-state index is 0.129. The Morgan fingerprint density at radius 3 is 2.85 bits per heavy atom. The third kappa shape index (κ3) is 4.32. The van der Waals surface area contributed by atoms with Crippen molar-refractivity contribution < 1.29 is 9.53 Å². The summed E-state index contributed by atoms with van der Waals surface area (Å²) in [6.45, 7) is 3.40. The molecule has 1 heterocycles. The van der Waals surface area contributed by atoms with E-state index in [0.717, 1.165) is 18.2 Å². The summed E-state index contributed by atoms with van der Waals surface area (Å²) in [4.78, 5) is 14.3. The highest BCUT2D eigenvalue weighted by atomic mass is 79.9. The summed E-state index contributed by atoms with van der Waals surface area (Å²) in [5, 5.41) is 0.785. The van der Waals surface area contributed by atoms with E-state index in [4.69, 9.17) is 4.74 Å². The van der Waals surface area contributed by atoms with Crippen LogP contribution in [0, 0.1) is 0 Å². The van der Waals surface area contributed by atoms with E-state index in [1.165, 1.54) is 5.56 Å². The largest absolute Gasteiger partial charge is 0.373 e. The van der Waals surface area contributed by atoms with E-state index in [2.05, 4.69) is 35.0 Å². The van der Waals surface area contributed by atoms with E-state index in [1.807, 2.05) is 23.1 Å². The number of aryl methyl sites for hydroxylation is 1. The number of alkyl halides is 1. The molecule has 1 saturated heterocycles. The Hall–Kier alpha value is -0.870. The van der Waals surface area contributed by atoms with E-state index in [1.54, 1.807) is 0 Å². The highest BCUT2D eigenvalue weighted by Crippen LogP contribution is 2.15. The predicted molar refractivity (Wildman–Crippen MR) is 84.1 cm³/mol. The zero-order chi connectivity index (χ0) is 14.4. The molecule has 2 atom stereocenters. The molecule has 1 amide bonds. The van der Waals surface area contributed by atoms with Gasteiger partial charge >= 0.3 is 0 Å². The lowest BCUT2D eigenvalue weighted by atomic mass is 10.1. The van der Waals surface area contributed by atoms with Crippen molar-refractivity contribution >= 4 is 21.8 Å². The highest BCUT2D eigenvalue weighted by Gasteiger charge is 2.28. The fraction of sp³-hybridized carbons (Fsp3) is 0.562. The van der Waals surface area contributed by atoms with Crippen LogP contribution in [0.3, 0.4) is 0 Å². The van der Waals surface area contributed by atoms with Crippen molar-refractivity contribution in [3.63, 3.8) is 0 Å². The predicted octanol–water partition coefficient (Wildman–Crippen LogP) is 3.02. The molecular weight excluding hydrogens is 318 g/mol. The number of rotatable bonds is 5. The van der Waals surface area contributed by atoms with Crippen LogP contribution < -0.4 is 0 Å². The molecule has 1 fully saturated rings. The molecule has 0 aromatic heterocycles. The average Bonchev–Trinajstić information content (AvgIpc) is 2.48. The smallest absolute Gasteiger partial charge is 0.222 e. The van der Waals surface area contributed by atoms with E-state index < -0.39 is 0 Å². The molecule has 0 saturated carbocycles. The second-order valence-electron chi connectivity index (χ2n) is 5.34. The number of benzene rings is 1. The van der Waals surface area contributed by atoms with Crippen LogP contribution in [-0.2, 0) is 16.0 Å². The first kappa shape index (κ1) is 15.5. The standard InChI is InChI=1S/C16H22BrNO2/c1-13-12-20-15(10-17)11-18(13)16(19)9-5-8-14-6-3-2-4-7-14/h2-4,6-7,13,15H,5,8-12H2,1H3. The SMILES string of the molecule is CC1COC(CBr)CN1C(=O)CCCc1ccccc1. The molecule has 0 bridgehead atoms. The normalized spacial score (nSPS) is 22.8. The third-order valence-electron chi connectivity index (χ3n) is 3.70. The molecule has 2 rings (SSSR count). The van der Waals surface area contributed by atoms with Gasteiger partial charge in [-0.1, -0.05) is 46.3 Å². The first-order chi connectivity index (χ1) is 9.70. The van der Waals surface area contributed by atoms with Gasteiger partial charge in [0.2, 0.25) is 5.91 Å². The van der Waals surface area contributed by atoms with Gasteiger partial charge in [-0.05, 0) is 25.3 Å². The number of ether oxygens (including phenoxy) is 1. The number of nitrogens with zero attached hydrogens (tertiary/aromatic N) is 1. The molecule has 1 aromatic rings. The summed E-state index contributed by atoms with van der Waals surface area (Å²) in [5.74, 6) is 0.252. The minimum absolute atomic E-state index is 0.129. The van der Waals surface area contributed by atoms with Gasteiger partial charge in [0.25, 0.3) is 0 Å². The molecule has 4 heteroatoms. The van der Waals surface area contributed by atoms with Gasteiger partial charge in [-0.2, -0.15) is 0 Å². The number of morpholine rings is 1. The summed E-state index contributed by atoms with van der Waals surface area (Å²) in [6, 6.07) is 10.5. The van der Waals surface area contributed by atoms with Gasteiger partial charge < -0.3 is 9.64 Å². The van der Waals surface area contributed by atoms with Gasteiger partial charge in [-0.3, -0.25) is 4.79 Å². The summed E-state index contributed by atoms with van der Waals surface area (Å²) in [7, 11) is 0. The van der Waals surface area contributed by atoms with Gasteiger partial charge in [-0.25, -0.2) is 0 Å². The molecule has 110 valence electrons. The quantitative estimate of drug-likeness (QED) is 0.771. The molecule has 1 aliphatic heterocycles. The lowest BCUT2D eigenvalue weighted by Gasteiger charge is -2.37. The second-order valence-corrected chi connectivity index (χ2v) is 5.99. The third-order valence-corrected chi connectivity index (χ3v) is 4.42. The van der Waals surface area contributed by atoms with Crippen LogP contribution in [0.5, 0.6) is 0 Å². The Kier molecular flexibility index (Phi) is 6.05. The Bertz CT molecular complexity index is 424. The van der Waals surface area contributed by atoms with Crippen LogP contribution in [-0.4, -0.2) is 41.4 Å². The van der Waals surface area contributed by atoms with Crippen molar-refractivity contribution in [3.8, 4) is 0 Å². The second kappa shape index (κ2) is 7.79. The molecule has 1 aromatic carbocycles. The Morgan fingerprint density at radius 1 is 1.40 bits per heavy atom. The summed E-state index contributed by atoms with van der Waals surface area (Å²) >= 11 is 3.43. The molecule has 0 spiro atoms. The highest BCUT2D eigenvalue weighted by molar-refractivity contribution is 9.09. The summed E-state index contributed by atoms with van der Waals surface area (Å²) in [6.07, 6.45) is 2.62. The Balaban J connectivity index is 1.79. The van der Waals surface area contributed by atoms with Crippen molar-refractivity contribution in [3.05, 3.63) is 35.9 Å².